The van der Waals surface area contributed by atoms with E-state index in [9.17, 15) is 5.11 Å². The summed E-state index contributed by atoms with van der Waals surface area (Å²) in [5, 5.41) is 10.3. The third-order valence-electron chi connectivity index (χ3n) is 2.65. The third-order valence-corrected chi connectivity index (χ3v) is 2.65. The topological polar surface area (TPSA) is 20.2 Å². The second-order valence-corrected chi connectivity index (χ2v) is 6.20. The van der Waals surface area contributed by atoms with Crippen molar-refractivity contribution in [1.29, 1.82) is 0 Å². The second kappa shape index (κ2) is 6.39. The zero-order valence-electron chi connectivity index (χ0n) is 11.6. The smallest absolute Gasteiger partial charge is 0.123 e. The Labute approximate surface area is 131 Å². The minimum absolute atomic E-state index is 0. The number of hydrogen-bond acceptors (Lipinski definition) is 1. The number of hydrogen-bond donors (Lipinski definition) is 1. The van der Waals surface area contributed by atoms with E-state index in [-0.39, 0.29) is 49.4 Å². The second-order valence-electron chi connectivity index (χ2n) is 6.20. The van der Waals surface area contributed by atoms with Gasteiger partial charge >= 0.3 is 0 Å². The summed E-state index contributed by atoms with van der Waals surface area (Å²) in [5.74, 6) is 0.456. The van der Waals surface area contributed by atoms with Crippen LogP contribution in [0.15, 0.2) is 18.2 Å². The first-order valence-electron chi connectivity index (χ1n) is 5.47. The monoisotopic (exact) mass is 332 g/mol. The molecule has 0 aliphatic carbocycles. The number of para-hydroxylation sites is 1. The van der Waals surface area contributed by atoms with Gasteiger partial charge in [-0.2, -0.15) is 0 Å². The molecule has 0 aliphatic rings. The van der Waals surface area contributed by atoms with Crippen molar-refractivity contribution in [2.75, 3.05) is 0 Å². The molecule has 0 aromatic heterocycles. The number of phenols is 1. The first-order chi connectivity index (χ1) is 6.64. The first-order valence-corrected chi connectivity index (χ1v) is 5.47. The van der Waals surface area contributed by atoms with Crippen molar-refractivity contribution >= 4 is 12.4 Å². The molecule has 0 amide bonds. The van der Waals surface area contributed by atoms with Crippen LogP contribution >= 0.6 is 12.4 Å². The van der Waals surface area contributed by atoms with Crippen molar-refractivity contribution in [2.45, 2.75) is 52.4 Å². The molecule has 0 saturated carbocycles. The molecule has 3 heteroatoms. The van der Waals surface area contributed by atoms with E-state index < -0.39 is 0 Å². The SMILES string of the molecule is CC(C)(C)c1cccc(C(C)(C)C)c1O.Cl.[Zr]. The standard InChI is InChI=1S/C14H22O.ClH.Zr/c1-13(2,3)10-8-7-9-11(12(10)15)14(4,5)6;;/h7-9,15H,1-6H3;1H;. The maximum atomic E-state index is 10.3. The average Bonchev–Trinajstić information content (AvgIpc) is 1.99. The van der Waals surface area contributed by atoms with Crippen LogP contribution in [0.5, 0.6) is 5.75 Å². The minimum Gasteiger partial charge on any atom is -0.507 e. The average molecular weight is 334 g/mol. The summed E-state index contributed by atoms with van der Waals surface area (Å²) in [6.45, 7) is 12.7. The Bertz CT molecular complexity index is 329. The molecular formula is C14H23ClOZr. The van der Waals surface area contributed by atoms with E-state index in [1.807, 2.05) is 18.2 Å². The molecule has 0 saturated heterocycles. The molecule has 0 bridgehead atoms. The largest absolute Gasteiger partial charge is 0.507 e. The number of aromatic hydroxyl groups is 1. The molecule has 1 aromatic rings. The third kappa shape index (κ3) is 4.75. The Morgan fingerprint density at radius 3 is 1.35 bits per heavy atom. The van der Waals surface area contributed by atoms with Crippen LogP contribution in [0.1, 0.15) is 52.7 Å². The summed E-state index contributed by atoms with van der Waals surface area (Å²) >= 11 is 0. The maximum absolute atomic E-state index is 10.3. The van der Waals surface area contributed by atoms with Gasteiger partial charge in [-0.15, -0.1) is 12.4 Å². The molecule has 1 nitrogen and oxygen atoms in total. The molecule has 1 aromatic carbocycles. The predicted octanol–water partition coefficient (Wildman–Crippen LogP) is 4.41. The zero-order valence-corrected chi connectivity index (χ0v) is 14.9. The predicted molar refractivity (Wildman–Crippen MR) is 72.8 cm³/mol. The number of rotatable bonds is 0. The van der Waals surface area contributed by atoms with E-state index in [0.717, 1.165) is 11.1 Å². The summed E-state index contributed by atoms with van der Waals surface area (Å²) in [6, 6.07) is 6.04. The van der Waals surface area contributed by atoms with Crippen LogP contribution in [0.2, 0.25) is 0 Å². The molecule has 0 aliphatic heterocycles. The fourth-order valence-corrected chi connectivity index (χ4v) is 1.75. The molecule has 0 spiro atoms. The van der Waals surface area contributed by atoms with E-state index in [2.05, 4.69) is 41.5 Å². The van der Waals surface area contributed by atoms with Crippen LogP contribution in [-0.4, -0.2) is 5.11 Å². The molecular weight excluding hydrogens is 311 g/mol. The van der Waals surface area contributed by atoms with Gasteiger partial charge in [0.05, 0.1) is 0 Å². The summed E-state index contributed by atoms with van der Waals surface area (Å²) in [7, 11) is 0. The quantitative estimate of drug-likeness (QED) is 0.745. The van der Waals surface area contributed by atoms with Crippen molar-refractivity contribution in [3.8, 4) is 5.75 Å². The summed E-state index contributed by atoms with van der Waals surface area (Å²) in [6.07, 6.45) is 0. The fourth-order valence-electron chi connectivity index (χ4n) is 1.75. The van der Waals surface area contributed by atoms with Gasteiger partial charge in [-0.25, -0.2) is 0 Å². The van der Waals surface area contributed by atoms with Crippen molar-refractivity contribution in [2.24, 2.45) is 0 Å². The normalized spacial score (nSPS) is 11.4. The van der Waals surface area contributed by atoms with Crippen molar-refractivity contribution in [3.63, 3.8) is 0 Å². The Hall–Kier alpha value is 0.193. The molecule has 17 heavy (non-hydrogen) atoms. The number of phenolic OH excluding ortho intramolecular Hbond substituents is 1. The molecule has 1 rings (SSSR count). The summed E-state index contributed by atoms with van der Waals surface area (Å²) < 4.78 is 0. The van der Waals surface area contributed by atoms with Crippen LogP contribution < -0.4 is 0 Å². The number of halogens is 1. The molecule has 0 unspecified atom stereocenters. The van der Waals surface area contributed by atoms with E-state index in [4.69, 9.17) is 0 Å². The van der Waals surface area contributed by atoms with Gasteiger partial charge in [-0.05, 0) is 22.0 Å². The first kappa shape index (κ1) is 19.5. The van der Waals surface area contributed by atoms with Gasteiger partial charge in [0.1, 0.15) is 5.75 Å². The van der Waals surface area contributed by atoms with Crippen LogP contribution in [-0.2, 0) is 37.0 Å². The Morgan fingerprint density at radius 1 is 0.824 bits per heavy atom. The van der Waals surface area contributed by atoms with E-state index in [1.165, 1.54) is 0 Å². The zero-order chi connectivity index (χ0) is 11.9. The van der Waals surface area contributed by atoms with Crippen molar-refractivity contribution in [3.05, 3.63) is 29.3 Å². The van der Waals surface area contributed by atoms with Gasteiger partial charge in [-0.1, -0.05) is 59.7 Å². The summed E-state index contributed by atoms with van der Waals surface area (Å²) in [5.41, 5.74) is 2.03. The molecule has 0 heterocycles. The van der Waals surface area contributed by atoms with Crippen LogP contribution in [0, 0.1) is 0 Å². The van der Waals surface area contributed by atoms with E-state index in [1.54, 1.807) is 0 Å². The van der Waals surface area contributed by atoms with Gasteiger partial charge in [0.15, 0.2) is 0 Å². The minimum atomic E-state index is -0.00859. The van der Waals surface area contributed by atoms with Crippen molar-refractivity contribution < 1.29 is 31.3 Å². The van der Waals surface area contributed by atoms with Crippen LogP contribution in [0.25, 0.3) is 0 Å². The molecule has 0 fully saturated rings. The maximum Gasteiger partial charge on any atom is 0.123 e. The molecule has 1 N–H and O–H groups in total. The van der Waals surface area contributed by atoms with Gasteiger partial charge in [0.25, 0.3) is 0 Å². The summed E-state index contributed by atoms with van der Waals surface area (Å²) in [4.78, 5) is 0. The molecule has 0 atom stereocenters. The van der Waals surface area contributed by atoms with Crippen LogP contribution in [0.3, 0.4) is 0 Å². The molecule has 96 valence electrons. The van der Waals surface area contributed by atoms with Gasteiger partial charge in [-0.3, -0.25) is 0 Å². The van der Waals surface area contributed by atoms with E-state index in [0.29, 0.717) is 5.75 Å². The Balaban J connectivity index is 0. The number of benzene rings is 1. The van der Waals surface area contributed by atoms with Gasteiger partial charge in [0, 0.05) is 26.2 Å². The van der Waals surface area contributed by atoms with Crippen molar-refractivity contribution in [1.82, 2.24) is 0 Å². The Morgan fingerprint density at radius 2 is 1.12 bits per heavy atom. The fraction of sp³-hybridized carbons (Fsp3) is 0.571. The van der Waals surface area contributed by atoms with Crippen LogP contribution in [0.4, 0.5) is 0 Å². The molecule has 0 radical (unpaired) electrons. The Kier molecular flexibility index (Phi) is 7.34. The van der Waals surface area contributed by atoms with Gasteiger partial charge in [0.2, 0.25) is 0 Å². The van der Waals surface area contributed by atoms with E-state index >= 15 is 0 Å². The van der Waals surface area contributed by atoms with Gasteiger partial charge < -0.3 is 5.11 Å².